The number of esters is 1. The Morgan fingerprint density at radius 1 is 1.50 bits per heavy atom. The number of carbonyl (C=O) groups is 1. The van der Waals surface area contributed by atoms with Crippen LogP contribution in [0.3, 0.4) is 0 Å². The van der Waals surface area contributed by atoms with Crippen molar-refractivity contribution < 1.29 is 18.7 Å². The fourth-order valence-electron chi connectivity index (χ4n) is 1.28. The van der Waals surface area contributed by atoms with Crippen molar-refractivity contribution in [3.63, 3.8) is 0 Å². The average Bonchev–Trinajstić information content (AvgIpc) is 2.38. The number of nitrogens with two attached hydrogens (primary N) is 1. The fraction of sp³-hybridized carbons (Fsp3) is 0.273. The summed E-state index contributed by atoms with van der Waals surface area (Å²) >= 11 is 5.51. The molecule has 0 radical (unpaired) electrons. The standard InChI is InChI=1S/C11H12ClFN2O3/c1-17-8-4-6(13)3-7(11(16)18-2)10(8)15-9(14)5-12/h3-4H,5H2,1-2H3,(H2,14,15). The normalized spacial score (nSPS) is 11.2. The number of benzene rings is 1. The summed E-state index contributed by atoms with van der Waals surface area (Å²) in [4.78, 5) is 15.5. The van der Waals surface area contributed by atoms with Gasteiger partial charge in [-0.25, -0.2) is 14.2 Å². The third kappa shape index (κ3) is 3.10. The lowest BCUT2D eigenvalue weighted by Crippen LogP contribution is -2.13. The molecule has 18 heavy (non-hydrogen) atoms. The number of amidine groups is 1. The highest BCUT2D eigenvalue weighted by Gasteiger charge is 2.18. The molecule has 0 aliphatic heterocycles. The van der Waals surface area contributed by atoms with E-state index in [1.807, 2.05) is 0 Å². The first-order valence-electron chi connectivity index (χ1n) is 4.88. The maximum absolute atomic E-state index is 13.3. The van der Waals surface area contributed by atoms with Crippen LogP contribution in [0.1, 0.15) is 10.4 Å². The zero-order valence-electron chi connectivity index (χ0n) is 9.87. The molecule has 1 aromatic rings. The van der Waals surface area contributed by atoms with Crippen molar-refractivity contribution >= 4 is 29.1 Å². The SMILES string of the molecule is COC(=O)c1cc(F)cc(OC)c1N=C(N)CCl. The lowest BCUT2D eigenvalue weighted by atomic mass is 10.1. The van der Waals surface area contributed by atoms with Gasteiger partial charge in [-0.1, -0.05) is 0 Å². The van der Waals surface area contributed by atoms with E-state index < -0.39 is 11.8 Å². The number of nitrogens with zero attached hydrogens (tertiary/aromatic N) is 1. The monoisotopic (exact) mass is 274 g/mol. The molecule has 0 atom stereocenters. The molecule has 0 fully saturated rings. The van der Waals surface area contributed by atoms with Gasteiger partial charge >= 0.3 is 5.97 Å². The fourth-order valence-corrected chi connectivity index (χ4v) is 1.34. The Kier molecular flexibility index (Phi) is 4.91. The van der Waals surface area contributed by atoms with Gasteiger partial charge < -0.3 is 15.2 Å². The molecule has 0 saturated heterocycles. The van der Waals surface area contributed by atoms with Gasteiger partial charge in [0.05, 0.1) is 25.7 Å². The molecule has 0 unspecified atom stereocenters. The third-order valence-corrected chi connectivity index (χ3v) is 2.33. The second-order valence-corrected chi connectivity index (χ2v) is 3.50. The van der Waals surface area contributed by atoms with Gasteiger partial charge in [-0.2, -0.15) is 0 Å². The quantitative estimate of drug-likeness (QED) is 0.393. The minimum absolute atomic E-state index is 0.0266. The van der Waals surface area contributed by atoms with Crippen LogP contribution >= 0.6 is 11.6 Å². The summed E-state index contributed by atoms with van der Waals surface area (Å²) in [6.07, 6.45) is 0. The number of ether oxygens (including phenoxy) is 2. The van der Waals surface area contributed by atoms with E-state index in [-0.39, 0.29) is 28.7 Å². The summed E-state index contributed by atoms with van der Waals surface area (Å²) in [6.45, 7) is 0. The number of methoxy groups -OCH3 is 2. The summed E-state index contributed by atoms with van der Waals surface area (Å²) in [6, 6.07) is 2.08. The van der Waals surface area contributed by atoms with E-state index >= 15 is 0 Å². The van der Waals surface area contributed by atoms with Crippen LogP contribution in [0.25, 0.3) is 0 Å². The molecule has 0 aliphatic rings. The first kappa shape index (κ1) is 14.2. The maximum atomic E-state index is 13.3. The summed E-state index contributed by atoms with van der Waals surface area (Å²) in [5, 5.41) is 0. The molecular weight excluding hydrogens is 263 g/mol. The van der Waals surface area contributed by atoms with E-state index in [2.05, 4.69) is 9.73 Å². The molecule has 0 amide bonds. The van der Waals surface area contributed by atoms with E-state index in [4.69, 9.17) is 22.1 Å². The Morgan fingerprint density at radius 3 is 2.67 bits per heavy atom. The molecular formula is C11H12ClFN2O3. The Bertz CT molecular complexity index is 491. The molecule has 0 heterocycles. The Balaban J connectivity index is 3.47. The van der Waals surface area contributed by atoms with Crippen molar-refractivity contribution in [3.8, 4) is 5.75 Å². The predicted molar refractivity (Wildman–Crippen MR) is 66.3 cm³/mol. The van der Waals surface area contributed by atoms with Gasteiger partial charge in [0.25, 0.3) is 0 Å². The highest BCUT2D eigenvalue weighted by atomic mass is 35.5. The summed E-state index contributed by atoms with van der Waals surface area (Å²) < 4.78 is 22.8. The van der Waals surface area contributed by atoms with Crippen molar-refractivity contribution in [3.05, 3.63) is 23.5 Å². The van der Waals surface area contributed by atoms with Gasteiger partial charge in [0.15, 0.2) is 0 Å². The smallest absolute Gasteiger partial charge is 0.340 e. The molecule has 0 aromatic heterocycles. The molecule has 98 valence electrons. The van der Waals surface area contributed by atoms with Crippen LogP contribution in [-0.4, -0.2) is 31.9 Å². The van der Waals surface area contributed by atoms with Gasteiger partial charge in [0, 0.05) is 6.07 Å². The number of carbonyl (C=O) groups excluding carboxylic acids is 1. The Morgan fingerprint density at radius 2 is 2.17 bits per heavy atom. The number of hydrogen-bond donors (Lipinski definition) is 1. The number of hydrogen-bond acceptors (Lipinski definition) is 4. The zero-order chi connectivity index (χ0) is 13.7. The van der Waals surface area contributed by atoms with Gasteiger partial charge in [0.2, 0.25) is 0 Å². The molecule has 1 aromatic carbocycles. The Hall–Kier alpha value is -1.82. The van der Waals surface area contributed by atoms with Crippen LogP contribution in [0.2, 0.25) is 0 Å². The molecule has 7 heteroatoms. The minimum atomic E-state index is -0.742. The maximum Gasteiger partial charge on any atom is 0.340 e. The molecule has 5 nitrogen and oxygen atoms in total. The van der Waals surface area contributed by atoms with Crippen LogP contribution in [0.4, 0.5) is 10.1 Å². The van der Waals surface area contributed by atoms with Crippen molar-refractivity contribution in [1.82, 2.24) is 0 Å². The topological polar surface area (TPSA) is 73.9 Å². The largest absolute Gasteiger partial charge is 0.494 e. The van der Waals surface area contributed by atoms with Crippen LogP contribution in [0.15, 0.2) is 17.1 Å². The molecule has 0 spiro atoms. The van der Waals surface area contributed by atoms with Crippen molar-refractivity contribution in [1.29, 1.82) is 0 Å². The molecule has 0 bridgehead atoms. The van der Waals surface area contributed by atoms with Crippen molar-refractivity contribution in [2.45, 2.75) is 0 Å². The van der Waals surface area contributed by atoms with Crippen molar-refractivity contribution in [2.75, 3.05) is 20.1 Å². The first-order valence-corrected chi connectivity index (χ1v) is 5.41. The zero-order valence-corrected chi connectivity index (χ0v) is 10.6. The lowest BCUT2D eigenvalue weighted by molar-refractivity contribution is 0.0601. The average molecular weight is 275 g/mol. The van der Waals surface area contributed by atoms with Gasteiger partial charge in [-0.05, 0) is 6.07 Å². The van der Waals surface area contributed by atoms with Gasteiger partial charge in [0.1, 0.15) is 23.1 Å². The third-order valence-electron chi connectivity index (χ3n) is 2.06. The van der Waals surface area contributed by atoms with Gasteiger partial charge in [-0.15, -0.1) is 11.6 Å². The molecule has 0 aliphatic carbocycles. The Labute approximate surface area is 108 Å². The highest BCUT2D eigenvalue weighted by Crippen LogP contribution is 2.33. The number of halogens is 2. The van der Waals surface area contributed by atoms with E-state index in [0.29, 0.717) is 0 Å². The number of rotatable bonds is 4. The van der Waals surface area contributed by atoms with Crippen LogP contribution < -0.4 is 10.5 Å². The van der Waals surface area contributed by atoms with E-state index in [1.54, 1.807) is 0 Å². The van der Waals surface area contributed by atoms with Crippen molar-refractivity contribution in [2.24, 2.45) is 10.7 Å². The summed E-state index contributed by atoms with van der Waals surface area (Å²) in [7, 11) is 2.50. The van der Waals surface area contributed by atoms with E-state index in [0.717, 1.165) is 12.1 Å². The number of alkyl halides is 1. The van der Waals surface area contributed by atoms with Crippen LogP contribution in [0.5, 0.6) is 5.75 Å². The van der Waals surface area contributed by atoms with E-state index in [1.165, 1.54) is 14.2 Å². The summed E-state index contributed by atoms with van der Waals surface area (Å²) in [5.41, 5.74) is 5.50. The molecule has 2 N–H and O–H groups in total. The summed E-state index contributed by atoms with van der Waals surface area (Å²) in [5.74, 6) is -1.26. The second-order valence-electron chi connectivity index (χ2n) is 3.23. The molecule has 1 rings (SSSR count). The molecule has 0 saturated carbocycles. The highest BCUT2D eigenvalue weighted by molar-refractivity contribution is 6.28. The minimum Gasteiger partial charge on any atom is -0.494 e. The van der Waals surface area contributed by atoms with E-state index in [9.17, 15) is 9.18 Å². The first-order chi connectivity index (χ1) is 8.53. The lowest BCUT2D eigenvalue weighted by Gasteiger charge is -2.10. The number of aliphatic imine (C=N–C) groups is 1. The van der Waals surface area contributed by atoms with Crippen LogP contribution in [0, 0.1) is 5.82 Å². The van der Waals surface area contributed by atoms with Gasteiger partial charge in [-0.3, -0.25) is 0 Å². The predicted octanol–water partition coefficient (Wildman–Crippen LogP) is 1.85. The van der Waals surface area contributed by atoms with Crippen LogP contribution in [-0.2, 0) is 4.74 Å². The second kappa shape index (κ2) is 6.20.